The predicted octanol–water partition coefficient (Wildman–Crippen LogP) is 5.20. The maximum Gasteiger partial charge on any atom is 0.482 e. The summed E-state index contributed by atoms with van der Waals surface area (Å²) in [6.07, 6.45) is -4.42. The molecule has 1 heterocycles. The number of hydrogen-bond acceptors (Lipinski definition) is 9. The lowest BCUT2D eigenvalue weighted by Gasteiger charge is -2.64. The number of alkyl halides is 3. The Bertz CT molecular complexity index is 1290. The molecule has 2 bridgehead atoms. The molecule has 4 aliphatic rings. The van der Waals surface area contributed by atoms with Crippen molar-refractivity contribution in [3.8, 4) is 5.75 Å². The first-order valence-corrected chi connectivity index (χ1v) is 15.8. The molecule has 1 amide bonds. The molecule has 0 aromatic heterocycles. The van der Waals surface area contributed by atoms with Crippen LogP contribution < -0.4 is 10.1 Å². The van der Waals surface area contributed by atoms with E-state index in [1.165, 1.54) is 27.0 Å². The summed E-state index contributed by atoms with van der Waals surface area (Å²) >= 11 is 0. The van der Waals surface area contributed by atoms with E-state index >= 15 is 0 Å². The van der Waals surface area contributed by atoms with Crippen molar-refractivity contribution in [2.75, 3.05) is 20.5 Å². The molecule has 5 unspecified atom stereocenters. The van der Waals surface area contributed by atoms with Gasteiger partial charge in [0.05, 0.1) is 24.8 Å². The molecule has 14 heteroatoms. The molecule has 1 aromatic carbocycles. The van der Waals surface area contributed by atoms with Gasteiger partial charge in [0.25, 0.3) is 0 Å². The maximum atomic E-state index is 13.0. The first-order chi connectivity index (χ1) is 21.4. The molecule has 5 atom stereocenters. The van der Waals surface area contributed by atoms with Crippen LogP contribution in [0.4, 0.5) is 13.2 Å². The van der Waals surface area contributed by atoms with Gasteiger partial charge in [-0.2, -0.15) is 13.2 Å². The third-order valence-corrected chi connectivity index (χ3v) is 9.85. The second-order valence-electron chi connectivity index (χ2n) is 13.6. The molecule has 3 aliphatic carbocycles. The van der Waals surface area contributed by atoms with Gasteiger partial charge in [-0.3, -0.25) is 4.79 Å². The van der Waals surface area contributed by atoms with Crippen LogP contribution in [0.15, 0.2) is 18.2 Å². The van der Waals surface area contributed by atoms with Gasteiger partial charge >= 0.3 is 25.2 Å². The van der Waals surface area contributed by atoms with E-state index in [-0.39, 0.29) is 54.6 Å². The van der Waals surface area contributed by atoms with Crippen molar-refractivity contribution in [1.29, 1.82) is 0 Å². The fourth-order valence-electron chi connectivity index (χ4n) is 7.21. The lowest BCUT2D eigenvalue weighted by atomic mass is 9.43. The van der Waals surface area contributed by atoms with E-state index < -0.39 is 61.5 Å². The molecule has 256 valence electrons. The van der Waals surface area contributed by atoms with Crippen LogP contribution >= 0.6 is 0 Å². The minimum Gasteiger partial charge on any atom is -0.496 e. The lowest BCUT2D eigenvalue weighted by molar-refractivity contribution is -0.199. The molecule has 46 heavy (non-hydrogen) atoms. The minimum absolute atomic E-state index is 0.0480. The van der Waals surface area contributed by atoms with E-state index in [4.69, 9.17) is 28.3 Å². The Kier molecular flexibility index (Phi) is 10.7. The Morgan fingerprint density at radius 1 is 1.13 bits per heavy atom. The molecule has 3 saturated carbocycles. The Morgan fingerprint density at radius 2 is 1.85 bits per heavy atom. The number of esters is 2. The van der Waals surface area contributed by atoms with Crippen LogP contribution in [0.2, 0.25) is 0 Å². The Hall–Kier alpha value is -2.84. The SMILES string of the molecule is CCOC(C)(C)C(=O)OCOC(=O)c1cccc(CC(NC(=O)CCCC(F)(F)F)B2OC3CC4CC(C4(C)C)C3(C)O2)c1OC. The number of methoxy groups -OCH3 is 1. The van der Waals surface area contributed by atoms with Crippen molar-refractivity contribution in [2.45, 2.75) is 109 Å². The fraction of sp³-hybridized carbons (Fsp3) is 0.719. The van der Waals surface area contributed by atoms with Crippen molar-refractivity contribution < 1.29 is 55.8 Å². The van der Waals surface area contributed by atoms with Gasteiger partial charge in [-0.25, -0.2) is 9.59 Å². The summed E-state index contributed by atoms with van der Waals surface area (Å²) in [4.78, 5) is 38.3. The molecule has 10 nitrogen and oxygen atoms in total. The van der Waals surface area contributed by atoms with Gasteiger partial charge in [0.1, 0.15) is 11.3 Å². The topological polar surface area (TPSA) is 119 Å². The largest absolute Gasteiger partial charge is 0.496 e. The molecular formula is C32H45BF3NO9. The van der Waals surface area contributed by atoms with Crippen molar-refractivity contribution in [2.24, 2.45) is 17.3 Å². The molecule has 4 fully saturated rings. The number of halogens is 3. The van der Waals surface area contributed by atoms with Crippen LogP contribution in [0.3, 0.4) is 0 Å². The first-order valence-electron chi connectivity index (χ1n) is 15.8. The third kappa shape index (κ3) is 7.65. The highest BCUT2D eigenvalue weighted by Gasteiger charge is 2.68. The van der Waals surface area contributed by atoms with Gasteiger partial charge in [0.2, 0.25) is 12.7 Å². The summed E-state index contributed by atoms with van der Waals surface area (Å²) in [5.41, 5.74) is -1.19. The summed E-state index contributed by atoms with van der Waals surface area (Å²) < 4.78 is 72.5. The van der Waals surface area contributed by atoms with Crippen LogP contribution in [0.5, 0.6) is 5.75 Å². The zero-order valence-corrected chi connectivity index (χ0v) is 27.6. The molecule has 1 saturated heterocycles. The maximum absolute atomic E-state index is 13.0. The van der Waals surface area contributed by atoms with Crippen LogP contribution in [0, 0.1) is 17.3 Å². The molecule has 0 radical (unpaired) electrons. The first kappa shape index (κ1) is 36.0. The minimum atomic E-state index is -4.37. The Labute approximate surface area is 268 Å². The molecule has 1 aromatic rings. The second kappa shape index (κ2) is 13.7. The summed E-state index contributed by atoms with van der Waals surface area (Å²) in [7, 11) is 0.489. The van der Waals surface area contributed by atoms with Gasteiger partial charge in [0.15, 0.2) is 5.60 Å². The summed E-state index contributed by atoms with van der Waals surface area (Å²) in [6.45, 7) is 10.9. The van der Waals surface area contributed by atoms with Crippen molar-refractivity contribution in [3.63, 3.8) is 0 Å². The van der Waals surface area contributed by atoms with E-state index in [0.717, 1.165) is 12.8 Å². The number of carbonyl (C=O) groups excluding carboxylic acids is 3. The average Bonchev–Trinajstić information content (AvgIpc) is 3.33. The molecule has 5 rings (SSSR count). The summed E-state index contributed by atoms with van der Waals surface area (Å²) in [5, 5.41) is 2.84. The normalized spacial score (nSPS) is 25.6. The number of para-hydroxylation sites is 1. The van der Waals surface area contributed by atoms with Crippen LogP contribution in [-0.2, 0) is 39.5 Å². The van der Waals surface area contributed by atoms with Crippen LogP contribution in [0.1, 0.15) is 89.6 Å². The van der Waals surface area contributed by atoms with Gasteiger partial charge < -0.3 is 33.6 Å². The summed E-state index contributed by atoms with van der Waals surface area (Å²) in [5.74, 6) is -2.00. The number of carbonyl (C=O) groups is 3. The number of ether oxygens (including phenoxy) is 4. The number of hydrogen-bond donors (Lipinski definition) is 1. The van der Waals surface area contributed by atoms with E-state index in [0.29, 0.717) is 11.5 Å². The van der Waals surface area contributed by atoms with Crippen LogP contribution in [-0.4, -0.2) is 74.9 Å². The number of nitrogens with one attached hydrogen (secondary N) is 1. The molecule has 0 spiro atoms. The molecule has 1 aliphatic heterocycles. The average molecular weight is 656 g/mol. The van der Waals surface area contributed by atoms with E-state index in [2.05, 4.69) is 19.2 Å². The van der Waals surface area contributed by atoms with Gasteiger partial charge in [-0.1, -0.05) is 26.0 Å². The quantitative estimate of drug-likeness (QED) is 0.164. The van der Waals surface area contributed by atoms with Crippen molar-refractivity contribution in [3.05, 3.63) is 29.3 Å². The highest BCUT2D eigenvalue weighted by atomic mass is 19.4. The monoisotopic (exact) mass is 655 g/mol. The summed E-state index contributed by atoms with van der Waals surface area (Å²) in [6, 6.07) is 4.79. The smallest absolute Gasteiger partial charge is 0.482 e. The Morgan fingerprint density at radius 3 is 2.48 bits per heavy atom. The molecule has 1 N–H and O–H groups in total. The zero-order chi connectivity index (χ0) is 34.1. The number of amides is 1. The highest BCUT2D eigenvalue weighted by molar-refractivity contribution is 6.48. The standard InChI is InChI=1S/C32H45BF3NO9/c1-8-44-30(4,5)28(40)43-18-42-27(39)21-12-9-11-19(26(21)41-7)15-24(37-25(38)13-10-14-32(34,35)36)33-45-23-17-20-16-22(29(20,2)3)31(23,6)46-33/h9,11-12,20,22-24H,8,10,13-18H2,1-7H3,(H,37,38). The van der Waals surface area contributed by atoms with Crippen LogP contribution in [0.25, 0.3) is 0 Å². The van der Waals surface area contributed by atoms with Gasteiger partial charge in [0, 0.05) is 19.4 Å². The second-order valence-corrected chi connectivity index (χ2v) is 13.6. The Balaban J connectivity index is 1.51. The zero-order valence-electron chi connectivity index (χ0n) is 27.6. The predicted molar refractivity (Wildman–Crippen MR) is 161 cm³/mol. The molecular weight excluding hydrogens is 610 g/mol. The fourth-order valence-corrected chi connectivity index (χ4v) is 7.21. The van der Waals surface area contributed by atoms with Gasteiger partial charge in [-0.15, -0.1) is 0 Å². The lowest BCUT2D eigenvalue weighted by Crippen LogP contribution is -2.65. The van der Waals surface area contributed by atoms with Crippen molar-refractivity contribution >= 4 is 25.0 Å². The van der Waals surface area contributed by atoms with Crippen molar-refractivity contribution in [1.82, 2.24) is 5.32 Å². The number of benzene rings is 1. The van der Waals surface area contributed by atoms with E-state index in [1.54, 1.807) is 19.1 Å². The third-order valence-electron chi connectivity index (χ3n) is 9.85. The highest BCUT2D eigenvalue weighted by Crippen LogP contribution is 2.65. The number of rotatable bonds is 14. The van der Waals surface area contributed by atoms with E-state index in [9.17, 15) is 27.6 Å². The van der Waals surface area contributed by atoms with E-state index in [1.807, 2.05) is 6.92 Å². The van der Waals surface area contributed by atoms with Gasteiger partial charge in [-0.05, 0) is 82.3 Å².